The molecule has 1 saturated heterocycles. The summed E-state index contributed by atoms with van der Waals surface area (Å²) in [7, 11) is 1.96. The maximum atomic E-state index is 5.73. The monoisotopic (exact) mass is 239 g/mol. The van der Waals surface area contributed by atoms with Crippen molar-refractivity contribution in [2.45, 2.75) is 32.0 Å². The lowest BCUT2D eigenvalue weighted by Gasteiger charge is -2.30. The Morgan fingerprint density at radius 1 is 1.59 bits per heavy atom. The molecular formula is C12H21N3O2. The van der Waals surface area contributed by atoms with E-state index in [1.807, 2.05) is 19.4 Å². The van der Waals surface area contributed by atoms with Crippen molar-refractivity contribution in [1.29, 1.82) is 0 Å². The van der Waals surface area contributed by atoms with Gasteiger partial charge in [0, 0.05) is 31.4 Å². The van der Waals surface area contributed by atoms with Crippen LogP contribution in [0.5, 0.6) is 0 Å². The van der Waals surface area contributed by atoms with E-state index in [1.54, 1.807) is 0 Å². The van der Waals surface area contributed by atoms with Crippen LogP contribution in [0.25, 0.3) is 0 Å². The molecular weight excluding hydrogens is 218 g/mol. The van der Waals surface area contributed by atoms with E-state index >= 15 is 0 Å². The molecule has 1 aliphatic heterocycles. The van der Waals surface area contributed by atoms with Gasteiger partial charge >= 0.3 is 0 Å². The molecule has 2 atom stereocenters. The highest BCUT2D eigenvalue weighted by molar-refractivity contribution is 4.97. The highest BCUT2D eigenvalue weighted by Crippen LogP contribution is 2.11. The first-order valence-electron chi connectivity index (χ1n) is 6.21. The number of aromatic nitrogens is 2. The first kappa shape index (κ1) is 12.5. The summed E-state index contributed by atoms with van der Waals surface area (Å²) in [6, 6.07) is 0.253. The Kier molecular flexibility index (Phi) is 4.53. The molecule has 1 fully saturated rings. The van der Waals surface area contributed by atoms with Crippen LogP contribution in [0.4, 0.5) is 0 Å². The zero-order chi connectivity index (χ0) is 12.1. The Labute approximate surface area is 102 Å². The van der Waals surface area contributed by atoms with E-state index in [9.17, 15) is 0 Å². The van der Waals surface area contributed by atoms with E-state index in [-0.39, 0.29) is 12.1 Å². The molecule has 0 aromatic carbocycles. The largest absolute Gasteiger partial charge is 0.376 e. The zero-order valence-corrected chi connectivity index (χ0v) is 10.6. The maximum Gasteiger partial charge on any atom is 0.110 e. The minimum atomic E-state index is 0.121. The standard InChI is InChI=1S/C12H21N3O2/c1-3-15-5-4-14-12(15)8-10(13-2)11-9-16-6-7-17-11/h4-5,10-11,13H,3,6-9H2,1-2H3. The normalized spacial score (nSPS) is 22.6. The van der Waals surface area contributed by atoms with E-state index < -0.39 is 0 Å². The minimum Gasteiger partial charge on any atom is -0.376 e. The number of nitrogens with zero attached hydrogens (tertiary/aromatic N) is 2. The van der Waals surface area contributed by atoms with Gasteiger partial charge < -0.3 is 19.4 Å². The van der Waals surface area contributed by atoms with Crippen molar-refractivity contribution in [3.63, 3.8) is 0 Å². The van der Waals surface area contributed by atoms with Gasteiger partial charge in [0.15, 0.2) is 0 Å². The highest BCUT2D eigenvalue weighted by atomic mass is 16.6. The van der Waals surface area contributed by atoms with Gasteiger partial charge in [-0.3, -0.25) is 0 Å². The van der Waals surface area contributed by atoms with Gasteiger partial charge in [-0.25, -0.2) is 4.98 Å². The van der Waals surface area contributed by atoms with Crippen molar-refractivity contribution in [3.8, 4) is 0 Å². The number of imidazole rings is 1. The molecule has 1 aromatic rings. The van der Waals surface area contributed by atoms with Crippen LogP contribution in [0.2, 0.25) is 0 Å². The van der Waals surface area contributed by atoms with Gasteiger partial charge in [-0.2, -0.15) is 0 Å². The Morgan fingerprint density at radius 3 is 3.12 bits per heavy atom. The molecule has 0 aliphatic carbocycles. The maximum absolute atomic E-state index is 5.73. The third-order valence-corrected chi connectivity index (χ3v) is 3.21. The van der Waals surface area contributed by atoms with Crippen molar-refractivity contribution in [2.75, 3.05) is 26.9 Å². The molecule has 1 N–H and O–H groups in total. The number of nitrogens with one attached hydrogen (secondary N) is 1. The fourth-order valence-corrected chi connectivity index (χ4v) is 2.17. The molecule has 0 amide bonds. The van der Waals surface area contributed by atoms with E-state index in [0.717, 1.165) is 18.8 Å². The van der Waals surface area contributed by atoms with Crippen LogP contribution >= 0.6 is 0 Å². The zero-order valence-electron chi connectivity index (χ0n) is 10.6. The number of rotatable bonds is 5. The van der Waals surface area contributed by atoms with Crippen molar-refractivity contribution >= 4 is 0 Å². The molecule has 0 saturated carbocycles. The number of ether oxygens (including phenoxy) is 2. The molecule has 2 unspecified atom stereocenters. The van der Waals surface area contributed by atoms with Crippen molar-refractivity contribution in [3.05, 3.63) is 18.2 Å². The predicted octanol–water partition coefficient (Wildman–Crippen LogP) is 0.449. The van der Waals surface area contributed by atoms with Crippen molar-refractivity contribution in [1.82, 2.24) is 14.9 Å². The lowest BCUT2D eigenvalue weighted by Crippen LogP contribution is -2.46. The van der Waals surface area contributed by atoms with Crippen LogP contribution in [-0.4, -0.2) is 48.6 Å². The lowest BCUT2D eigenvalue weighted by molar-refractivity contribution is -0.101. The summed E-state index contributed by atoms with van der Waals surface area (Å²) in [6.07, 6.45) is 4.85. The van der Waals surface area contributed by atoms with Crippen molar-refractivity contribution < 1.29 is 9.47 Å². The molecule has 17 heavy (non-hydrogen) atoms. The number of likely N-dealkylation sites (N-methyl/N-ethyl adjacent to an activating group) is 1. The van der Waals surface area contributed by atoms with E-state index in [1.165, 1.54) is 0 Å². The summed E-state index contributed by atoms with van der Waals surface area (Å²) in [6.45, 7) is 5.13. The fraction of sp³-hybridized carbons (Fsp3) is 0.750. The molecule has 2 heterocycles. The smallest absolute Gasteiger partial charge is 0.110 e. The quantitative estimate of drug-likeness (QED) is 0.810. The summed E-state index contributed by atoms with van der Waals surface area (Å²) in [5.74, 6) is 1.10. The summed E-state index contributed by atoms with van der Waals surface area (Å²) < 4.78 is 13.3. The van der Waals surface area contributed by atoms with Gasteiger partial charge in [0.1, 0.15) is 5.82 Å². The van der Waals surface area contributed by atoms with Gasteiger partial charge in [-0.05, 0) is 14.0 Å². The Balaban J connectivity index is 1.98. The summed E-state index contributed by atoms with van der Waals surface area (Å²) >= 11 is 0. The minimum absolute atomic E-state index is 0.121. The number of hydrogen-bond donors (Lipinski definition) is 1. The van der Waals surface area contributed by atoms with Crippen LogP contribution in [0.1, 0.15) is 12.7 Å². The second-order valence-corrected chi connectivity index (χ2v) is 4.21. The Hall–Kier alpha value is -0.910. The van der Waals surface area contributed by atoms with E-state index in [4.69, 9.17) is 9.47 Å². The van der Waals surface area contributed by atoms with Crippen LogP contribution in [0.15, 0.2) is 12.4 Å². The third-order valence-electron chi connectivity index (χ3n) is 3.21. The lowest BCUT2D eigenvalue weighted by atomic mass is 10.1. The second kappa shape index (κ2) is 6.14. The first-order valence-corrected chi connectivity index (χ1v) is 6.21. The summed E-state index contributed by atoms with van der Waals surface area (Å²) in [5.41, 5.74) is 0. The molecule has 0 radical (unpaired) electrons. The summed E-state index contributed by atoms with van der Waals surface area (Å²) in [5, 5.41) is 3.30. The molecule has 5 heteroatoms. The number of hydrogen-bond acceptors (Lipinski definition) is 4. The Morgan fingerprint density at radius 2 is 2.47 bits per heavy atom. The van der Waals surface area contributed by atoms with Gasteiger partial charge in [-0.15, -0.1) is 0 Å². The average Bonchev–Trinajstić information content (AvgIpc) is 2.84. The third kappa shape index (κ3) is 3.06. The van der Waals surface area contributed by atoms with Crippen LogP contribution in [0, 0.1) is 0 Å². The molecule has 2 rings (SSSR count). The highest BCUT2D eigenvalue weighted by Gasteiger charge is 2.25. The number of aryl methyl sites for hydroxylation is 1. The predicted molar refractivity (Wildman–Crippen MR) is 65.0 cm³/mol. The van der Waals surface area contributed by atoms with Gasteiger partial charge in [-0.1, -0.05) is 0 Å². The molecule has 5 nitrogen and oxygen atoms in total. The SMILES string of the molecule is CCn1ccnc1CC(NC)C1COCCO1. The fourth-order valence-electron chi connectivity index (χ4n) is 2.17. The topological polar surface area (TPSA) is 48.3 Å². The van der Waals surface area contributed by atoms with Gasteiger partial charge in [0.05, 0.1) is 25.9 Å². The van der Waals surface area contributed by atoms with Crippen LogP contribution in [0.3, 0.4) is 0 Å². The molecule has 0 bridgehead atoms. The van der Waals surface area contributed by atoms with Crippen LogP contribution in [-0.2, 0) is 22.4 Å². The van der Waals surface area contributed by atoms with Gasteiger partial charge in [0.2, 0.25) is 0 Å². The molecule has 0 spiro atoms. The molecule has 1 aliphatic rings. The van der Waals surface area contributed by atoms with E-state index in [0.29, 0.717) is 19.8 Å². The van der Waals surface area contributed by atoms with Crippen LogP contribution < -0.4 is 5.32 Å². The Bertz CT molecular complexity index is 334. The van der Waals surface area contributed by atoms with Gasteiger partial charge in [0.25, 0.3) is 0 Å². The van der Waals surface area contributed by atoms with E-state index in [2.05, 4.69) is 21.8 Å². The summed E-state index contributed by atoms with van der Waals surface area (Å²) in [4.78, 5) is 4.40. The second-order valence-electron chi connectivity index (χ2n) is 4.21. The first-order chi connectivity index (χ1) is 8.35. The molecule has 1 aromatic heterocycles. The van der Waals surface area contributed by atoms with Crippen molar-refractivity contribution in [2.24, 2.45) is 0 Å². The molecule has 96 valence electrons. The average molecular weight is 239 g/mol.